The van der Waals surface area contributed by atoms with Crippen LogP contribution < -0.4 is 5.32 Å². The number of rotatable bonds is 6. The molecule has 0 aromatic rings. The maximum atomic E-state index is 12.5. The Morgan fingerprint density at radius 1 is 1.25 bits per heavy atom. The van der Waals surface area contributed by atoms with E-state index in [-0.39, 0.29) is 17.6 Å². The van der Waals surface area contributed by atoms with Gasteiger partial charge in [0, 0.05) is 18.6 Å². The van der Waals surface area contributed by atoms with Crippen molar-refractivity contribution in [3.05, 3.63) is 0 Å². The molecule has 2 fully saturated rings. The van der Waals surface area contributed by atoms with Crippen LogP contribution in [0.3, 0.4) is 0 Å². The number of aliphatic hydroxyl groups is 1. The van der Waals surface area contributed by atoms with Crippen LogP contribution in [0.4, 0.5) is 4.79 Å². The van der Waals surface area contributed by atoms with Crippen molar-refractivity contribution < 1.29 is 9.90 Å². The number of nitrogens with one attached hydrogen (secondary N) is 1. The third kappa shape index (κ3) is 4.37. The molecule has 1 unspecified atom stereocenters. The largest absolute Gasteiger partial charge is 0.393 e. The molecule has 0 aromatic heterocycles. The summed E-state index contributed by atoms with van der Waals surface area (Å²) in [5.41, 5.74) is -0.0608. The summed E-state index contributed by atoms with van der Waals surface area (Å²) in [6.45, 7) is 6.62. The molecule has 0 aliphatic heterocycles. The number of nitrogens with zero attached hydrogens (tertiary/aromatic N) is 1. The van der Waals surface area contributed by atoms with E-state index in [1.54, 1.807) is 6.92 Å². The van der Waals surface area contributed by atoms with E-state index in [0.717, 1.165) is 0 Å². The number of carbonyl (C=O) groups is 1. The van der Waals surface area contributed by atoms with Crippen LogP contribution in [0.5, 0.6) is 0 Å². The van der Waals surface area contributed by atoms with Crippen LogP contribution in [0.25, 0.3) is 0 Å². The molecule has 2 saturated carbocycles. The van der Waals surface area contributed by atoms with Gasteiger partial charge in [-0.05, 0) is 44.4 Å². The Labute approximate surface area is 122 Å². The van der Waals surface area contributed by atoms with Gasteiger partial charge in [-0.3, -0.25) is 0 Å². The summed E-state index contributed by atoms with van der Waals surface area (Å²) in [5.74, 6) is 0. The van der Waals surface area contributed by atoms with Crippen LogP contribution in [0.15, 0.2) is 0 Å². The summed E-state index contributed by atoms with van der Waals surface area (Å²) in [7, 11) is 0. The summed E-state index contributed by atoms with van der Waals surface area (Å²) in [4.78, 5) is 14.6. The summed E-state index contributed by atoms with van der Waals surface area (Å²) < 4.78 is 0. The summed E-state index contributed by atoms with van der Waals surface area (Å²) >= 11 is 0. The number of hydrogen-bond donors (Lipinski definition) is 2. The van der Waals surface area contributed by atoms with Crippen molar-refractivity contribution >= 4 is 6.03 Å². The van der Waals surface area contributed by atoms with Gasteiger partial charge in [-0.15, -0.1) is 0 Å². The predicted octanol–water partition coefficient (Wildman–Crippen LogP) is 2.90. The quantitative estimate of drug-likeness (QED) is 0.787. The van der Waals surface area contributed by atoms with Crippen molar-refractivity contribution in [2.24, 2.45) is 5.41 Å². The first kappa shape index (κ1) is 15.6. The van der Waals surface area contributed by atoms with Crippen molar-refractivity contribution in [3.63, 3.8) is 0 Å². The summed E-state index contributed by atoms with van der Waals surface area (Å²) in [5, 5.41) is 12.6. The first-order valence-corrected chi connectivity index (χ1v) is 8.13. The fourth-order valence-electron chi connectivity index (χ4n) is 3.44. The summed E-state index contributed by atoms with van der Waals surface area (Å²) in [6, 6.07) is 1.05. The molecule has 2 aliphatic rings. The minimum atomic E-state index is -0.323. The fraction of sp³-hybridized carbons (Fsp3) is 0.938. The lowest BCUT2D eigenvalue weighted by Crippen LogP contribution is -2.49. The fourth-order valence-corrected chi connectivity index (χ4v) is 3.44. The zero-order valence-electron chi connectivity index (χ0n) is 13.2. The van der Waals surface area contributed by atoms with Gasteiger partial charge >= 0.3 is 6.03 Å². The molecule has 0 spiro atoms. The monoisotopic (exact) mass is 282 g/mol. The Balaban J connectivity index is 1.85. The highest BCUT2D eigenvalue weighted by molar-refractivity contribution is 5.75. The van der Waals surface area contributed by atoms with E-state index in [9.17, 15) is 9.90 Å². The molecule has 20 heavy (non-hydrogen) atoms. The number of aliphatic hydroxyl groups excluding tert-OH is 1. The van der Waals surface area contributed by atoms with Crippen LogP contribution in [-0.2, 0) is 0 Å². The number of carbonyl (C=O) groups excluding carboxylic acids is 1. The summed E-state index contributed by atoms with van der Waals surface area (Å²) in [6.07, 6.45) is 7.57. The Hall–Kier alpha value is -0.770. The van der Waals surface area contributed by atoms with Crippen molar-refractivity contribution in [2.75, 3.05) is 6.54 Å². The first-order valence-electron chi connectivity index (χ1n) is 8.13. The number of urea groups is 1. The molecule has 116 valence electrons. The highest BCUT2D eigenvalue weighted by Crippen LogP contribution is 2.34. The van der Waals surface area contributed by atoms with Crippen LogP contribution in [0.1, 0.15) is 65.7 Å². The second-order valence-corrected chi connectivity index (χ2v) is 7.45. The average molecular weight is 282 g/mol. The van der Waals surface area contributed by atoms with E-state index in [4.69, 9.17) is 0 Å². The SMILES string of the molecule is CC(O)CC(C)(C)CNC(=O)N(C1CCCC1)C1CC1. The normalized spacial score (nSPS) is 21.8. The average Bonchev–Trinajstić information content (AvgIpc) is 3.00. The Morgan fingerprint density at radius 3 is 2.30 bits per heavy atom. The van der Waals surface area contributed by atoms with E-state index in [2.05, 4.69) is 24.1 Å². The van der Waals surface area contributed by atoms with E-state index in [0.29, 0.717) is 25.0 Å². The van der Waals surface area contributed by atoms with Crippen molar-refractivity contribution in [1.29, 1.82) is 0 Å². The molecule has 0 saturated heterocycles. The molecule has 0 bridgehead atoms. The molecule has 4 heteroatoms. The van der Waals surface area contributed by atoms with Gasteiger partial charge in [-0.1, -0.05) is 26.7 Å². The van der Waals surface area contributed by atoms with Gasteiger partial charge in [0.15, 0.2) is 0 Å². The highest BCUT2D eigenvalue weighted by atomic mass is 16.3. The minimum absolute atomic E-state index is 0.0608. The minimum Gasteiger partial charge on any atom is -0.393 e. The van der Waals surface area contributed by atoms with Crippen LogP contribution >= 0.6 is 0 Å². The van der Waals surface area contributed by atoms with Gasteiger partial charge in [0.2, 0.25) is 0 Å². The van der Waals surface area contributed by atoms with E-state index >= 15 is 0 Å². The maximum Gasteiger partial charge on any atom is 0.317 e. The molecule has 2 amide bonds. The molecule has 4 nitrogen and oxygen atoms in total. The lowest BCUT2D eigenvalue weighted by atomic mass is 9.87. The van der Waals surface area contributed by atoms with Gasteiger partial charge in [0.05, 0.1) is 6.10 Å². The van der Waals surface area contributed by atoms with Crippen LogP contribution in [-0.4, -0.2) is 40.8 Å². The number of amides is 2. The third-order valence-electron chi connectivity index (χ3n) is 4.46. The lowest BCUT2D eigenvalue weighted by Gasteiger charge is -2.32. The zero-order valence-corrected chi connectivity index (χ0v) is 13.2. The van der Waals surface area contributed by atoms with Gasteiger partial charge in [0.1, 0.15) is 0 Å². The molecule has 2 rings (SSSR count). The molecule has 0 aromatic carbocycles. The van der Waals surface area contributed by atoms with Gasteiger partial charge in [0.25, 0.3) is 0 Å². The van der Waals surface area contributed by atoms with Crippen LogP contribution in [0.2, 0.25) is 0 Å². The Kier molecular flexibility index (Phi) is 4.95. The smallest absolute Gasteiger partial charge is 0.317 e. The second-order valence-electron chi connectivity index (χ2n) is 7.45. The molecule has 1 atom stereocenters. The first-order chi connectivity index (χ1) is 9.39. The van der Waals surface area contributed by atoms with E-state index in [1.807, 2.05) is 0 Å². The standard InChI is InChI=1S/C16H30N2O2/c1-12(19)10-16(2,3)11-17-15(20)18(14-8-9-14)13-6-4-5-7-13/h12-14,19H,4-11H2,1-3H3,(H,17,20). The van der Waals surface area contributed by atoms with Crippen LogP contribution in [0, 0.1) is 5.41 Å². The topological polar surface area (TPSA) is 52.6 Å². The van der Waals surface area contributed by atoms with Gasteiger partial charge < -0.3 is 15.3 Å². The Morgan fingerprint density at radius 2 is 1.80 bits per heavy atom. The lowest BCUT2D eigenvalue weighted by molar-refractivity contribution is 0.124. The molecule has 2 aliphatic carbocycles. The molecule has 2 N–H and O–H groups in total. The molecular weight excluding hydrogens is 252 g/mol. The predicted molar refractivity (Wildman–Crippen MR) is 80.6 cm³/mol. The Bertz CT molecular complexity index is 331. The zero-order chi connectivity index (χ0) is 14.8. The molecule has 0 heterocycles. The molecular formula is C16H30N2O2. The van der Waals surface area contributed by atoms with Crippen molar-refractivity contribution in [3.8, 4) is 0 Å². The van der Waals surface area contributed by atoms with Gasteiger partial charge in [-0.2, -0.15) is 0 Å². The van der Waals surface area contributed by atoms with Gasteiger partial charge in [-0.25, -0.2) is 4.79 Å². The van der Waals surface area contributed by atoms with Crippen molar-refractivity contribution in [1.82, 2.24) is 10.2 Å². The molecule has 0 radical (unpaired) electrons. The number of hydrogen-bond acceptors (Lipinski definition) is 2. The highest BCUT2D eigenvalue weighted by Gasteiger charge is 2.38. The maximum absolute atomic E-state index is 12.5. The third-order valence-corrected chi connectivity index (χ3v) is 4.46. The van der Waals surface area contributed by atoms with E-state index in [1.165, 1.54) is 38.5 Å². The van der Waals surface area contributed by atoms with Crippen molar-refractivity contribution in [2.45, 2.75) is 83.9 Å². The van der Waals surface area contributed by atoms with E-state index < -0.39 is 0 Å². The second kappa shape index (κ2) is 6.33.